The molecule has 0 aromatic carbocycles. The van der Waals surface area contributed by atoms with Gasteiger partial charge < -0.3 is 5.32 Å². The summed E-state index contributed by atoms with van der Waals surface area (Å²) in [5.41, 5.74) is 1.69. The molecule has 19 heavy (non-hydrogen) atoms. The zero-order valence-electron chi connectivity index (χ0n) is 10.1. The standard InChI is InChI=1S/C13H12ClN3OS/c14-12-7-15-6-10(17-12)13(18)16-5-9-4-8-2-1-3-11(8)19-9/h4,6-7H,1-3,5H2,(H,16,18). The van der Waals surface area contributed by atoms with Gasteiger partial charge in [-0.3, -0.25) is 9.78 Å². The number of nitrogens with zero attached hydrogens (tertiary/aromatic N) is 2. The number of carbonyl (C=O) groups excluding carboxylic acids is 1. The minimum Gasteiger partial charge on any atom is -0.346 e. The monoisotopic (exact) mass is 293 g/mol. The van der Waals surface area contributed by atoms with Crippen LogP contribution < -0.4 is 5.32 Å². The molecule has 2 aromatic rings. The van der Waals surface area contributed by atoms with E-state index in [0.29, 0.717) is 6.54 Å². The normalized spacial score (nSPS) is 13.3. The van der Waals surface area contributed by atoms with Gasteiger partial charge in [-0.15, -0.1) is 11.3 Å². The van der Waals surface area contributed by atoms with Crippen LogP contribution in [-0.2, 0) is 19.4 Å². The maximum absolute atomic E-state index is 11.9. The van der Waals surface area contributed by atoms with Crippen LogP contribution in [0.5, 0.6) is 0 Å². The Labute approximate surface area is 119 Å². The molecule has 4 nitrogen and oxygen atoms in total. The molecule has 0 bridgehead atoms. The maximum atomic E-state index is 11.9. The molecule has 0 unspecified atom stereocenters. The highest BCUT2D eigenvalue weighted by Gasteiger charge is 2.15. The van der Waals surface area contributed by atoms with E-state index in [2.05, 4.69) is 21.4 Å². The molecule has 0 saturated heterocycles. The van der Waals surface area contributed by atoms with Crippen molar-refractivity contribution in [3.05, 3.63) is 44.6 Å². The number of hydrogen-bond donors (Lipinski definition) is 1. The number of amides is 1. The van der Waals surface area contributed by atoms with Crippen molar-refractivity contribution in [2.45, 2.75) is 25.8 Å². The molecule has 0 fully saturated rings. The minimum absolute atomic E-state index is 0.225. The lowest BCUT2D eigenvalue weighted by atomic mass is 10.2. The first kappa shape index (κ1) is 12.6. The third-order valence-electron chi connectivity index (χ3n) is 3.06. The molecular weight excluding hydrogens is 282 g/mol. The smallest absolute Gasteiger partial charge is 0.271 e. The summed E-state index contributed by atoms with van der Waals surface area (Å²) < 4.78 is 0. The second kappa shape index (κ2) is 5.27. The average Bonchev–Trinajstić information content (AvgIpc) is 2.96. The van der Waals surface area contributed by atoms with Gasteiger partial charge in [-0.25, -0.2) is 4.98 Å². The van der Waals surface area contributed by atoms with Crippen molar-refractivity contribution in [3.63, 3.8) is 0 Å². The van der Waals surface area contributed by atoms with E-state index in [9.17, 15) is 4.79 Å². The lowest BCUT2D eigenvalue weighted by Gasteiger charge is -2.02. The summed E-state index contributed by atoms with van der Waals surface area (Å²) >= 11 is 7.49. The molecule has 98 valence electrons. The van der Waals surface area contributed by atoms with E-state index in [1.807, 2.05) is 0 Å². The molecular formula is C13H12ClN3OS. The van der Waals surface area contributed by atoms with Crippen LogP contribution in [0.15, 0.2) is 18.5 Å². The third-order valence-corrected chi connectivity index (χ3v) is 4.48. The second-order valence-corrected chi connectivity index (χ2v) is 6.03. The average molecular weight is 294 g/mol. The number of hydrogen-bond acceptors (Lipinski definition) is 4. The molecule has 2 aromatic heterocycles. The van der Waals surface area contributed by atoms with Crippen LogP contribution in [0.1, 0.15) is 32.2 Å². The first-order chi connectivity index (χ1) is 9.22. The molecule has 1 N–H and O–H groups in total. The molecule has 1 aliphatic rings. The van der Waals surface area contributed by atoms with Gasteiger partial charge in [0.25, 0.3) is 5.91 Å². The minimum atomic E-state index is -0.247. The number of carbonyl (C=O) groups is 1. The summed E-state index contributed by atoms with van der Waals surface area (Å²) in [6.45, 7) is 0.532. The molecule has 3 rings (SSSR count). The van der Waals surface area contributed by atoms with Gasteiger partial charge in [0.15, 0.2) is 0 Å². The zero-order chi connectivity index (χ0) is 13.2. The SMILES string of the molecule is O=C(NCc1cc2c(s1)CCC2)c1cncc(Cl)n1. The predicted molar refractivity (Wildman–Crippen MR) is 74.6 cm³/mol. The van der Waals surface area contributed by atoms with Gasteiger partial charge in [0.1, 0.15) is 10.8 Å². The Hall–Kier alpha value is -1.46. The molecule has 0 aliphatic heterocycles. The fourth-order valence-electron chi connectivity index (χ4n) is 2.19. The van der Waals surface area contributed by atoms with E-state index in [1.165, 1.54) is 47.0 Å². The van der Waals surface area contributed by atoms with Crippen molar-refractivity contribution in [2.24, 2.45) is 0 Å². The summed E-state index contributed by atoms with van der Waals surface area (Å²) in [5, 5.41) is 3.07. The van der Waals surface area contributed by atoms with Crippen LogP contribution >= 0.6 is 22.9 Å². The lowest BCUT2D eigenvalue weighted by molar-refractivity contribution is 0.0946. The van der Waals surface area contributed by atoms with Gasteiger partial charge in [-0.05, 0) is 30.9 Å². The number of rotatable bonds is 3. The van der Waals surface area contributed by atoms with Crippen LogP contribution in [0.25, 0.3) is 0 Å². The first-order valence-electron chi connectivity index (χ1n) is 6.08. The Balaban J connectivity index is 1.64. The molecule has 2 heterocycles. The van der Waals surface area contributed by atoms with Crippen molar-refractivity contribution in [1.82, 2.24) is 15.3 Å². The molecule has 0 atom stereocenters. The van der Waals surface area contributed by atoms with E-state index < -0.39 is 0 Å². The van der Waals surface area contributed by atoms with Gasteiger partial charge >= 0.3 is 0 Å². The van der Waals surface area contributed by atoms with E-state index in [4.69, 9.17) is 11.6 Å². The Kier molecular flexibility index (Phi) is 3.48. The summed E-state index contributed by atoms with van der Waals surface area (Å²) in [6.07, 6.45) is 6.41. The Morgan fingerprint density at radius 3 is 3.11 bits per heavy atom. The highest BCUT2D eigenvalue weighted by molar-refractivity contribution is 7.12. The van der Waals surface area contributed by atoms with Crippen molar-refractivity contribution >= 4 is 28.8 Å². The van der Waals surface area contributed by atoms with E-state index >= 15 is 0 Å². The highest BCUT2D eigenvalue weighted by Crippen LogP contribution is 2.30. The largest absolute Gasteiger partial charge is 0.346 e. The van der Waals surface area contributed by atoms with E-state index in [0.717, 1.165) is 0 Å². The third kappa shape index (κ3) is 2.77. The van der Waals surface area contributed by atoms with Gasteiger partial charge in [0.05, 0.1) is 18.9 Å². The molecule has 0 spiro atoms. The van der Waals surface area contributed by atoms with E-state index in [1.54, 1.807) is 11.3 Å². The van der Waals surface area contributed by atoms with Crippen molar-refractivity contribution in [3.8, 4) is 0 Å². The van der Waals surface area contributed by atoms with Gasteiger partial charge in [0.2, 0.25) is 0 Å². The van der Waals surface area contributed by atoms with Crippen molar-refractivity contribution < 1.29 is 4.79 Å². The number of aryl methyl sites for hydroxylation is 2. The van der Waals surface area contributed by atoms with Crippen LogP contribution in [0, 0.1) is 0 Å². The predicted octanol–water partition coefficient (Wildman–Crippen LogP) is 2.61. The van der Waals surface area contributed by atoms with Gasteiger partial charge in [0, 0.05) is 9.75 Å². The Morgan fingerprint density at radius 1 is 1.42 bits per heavy atom. The van der Waals surface area contributed by atoms with Crippen LogP contribution in [-0.4, -0.2) is 15.9 Å². The van der Waals surface area contributed by atoms with Crippen LogP contribution in [0.4, 0.5) is 0 Å². The lowest BCUT2D eigenvalue weighted by Crippen LogP contribution is -2.23. The fraction of sp³-hybridized carbons (Fsp3) is 0.308. The molecule has 0 radical (unpaired) electrons. The second-order valence-electron chi connectivity index (χ2n) is 4.42. The number of aromatic nitrogens is 2. The first-order valence-corrected chi connectivity index (χ1v) is 7.28. The topological polar surface area (TPSA) is 54.9 Å². The van der Waals surface area contributed by atoms with Gasteiger partial charge in [-0.1, -0.05) is 11.6 Å². The van der Waals surface area contributed by atoms with Crippen molar-refractivity contribution in [1.29, 1.82) is 0 Å². The fourth-order valence-corrected chi connectivity index (χ4v) is 3.54. The van der Waals surface area contributed by atoms with Crippen LogP contribution in [0.3, 0.4) is 0 Å². The quantitative estimate of drug-likeness (QED) is 0.946. The number of halogens is 1. The molecule has 0 saturated carbocycles. The molecule has 6 heteroatoms. The number of thiophene rings is 1. The summed E-state index contributed by atoms with van der Waals surface area (Å²) in [4.78, 5) is 22.3. The number of fused-ring (bicyclic) bond motifs is 1. The highest BCUT2D eigenvalue weighted by atomic mass is 35.5. The van der Waals surface area contributed by atoms with Crippen LogP contribution in [0.2, 0.25) is 5.15 Å². The Bertz CT molecular complexity index is 605. The van der Waals surface area contributed by atoms with E-state index in [-0.39, 0.29) is 16.8 Å². The molecule has 1 amide bonds. The summed E-state index contributed by atoms with van der Waals surface area (Å²) in [5.74, 6) is -0.247. The summed E-state index contributed by atoms with van der Waals surface area (Å²) in [6, 6.07) is 2.19. The summed E-state index contributed by atoms with van der Waals surface area (Å²) in [7, 11) is 0. The number of nitrogens with one attached hydrogen (secondary N) is 1. The Morgan fingerprint density at radius 2 is 2.32 bits per heavy atom. The zero-order valence-corrected chi connectivity index (χ0v) is 11.7. The van der Waals surface area contributed by atoms with Gasteiger partial charge in [-0.2, -0.15) is 0 Å². The molecule has 1 aliphatic carbocycles. The maximum Gasteiger partial charge on any atom is 0.271 e. The van der Waals surface area contributed by atoms with Crippen molar-refractivity contribution in [2.75, 3.05) is 0 Å².